The number of piperidine rings is 1. The number of phenols is 1. The summed E-state index contributed by atoms with van der Waals surface area (Å²) in [6.07, 6.45) is 4.49. The Labute approximate surface area is 183 Å². The summed E-state index contributed by atoms with van der Waals surface area (Å²) in [6, 6.07) is 13.0. The number of fused-ring (bicyclic) bond motifs is 1. The molecule has 0 unspecified atom stereocenters. The number of aliphatic hydroxyl groups is 1. The van der Waals surface area contributed by atoms with Crippen LogP contribution in [-0.4, -0.2) is 46.8 Å². The van der Waals surface area contributed by atoms with Crippen LogP contribution in [0, 0.1) is 12.8 Å². The van der Waals surface area contributed by atoms with Crippen molar-refractivity contribution < 1.29 is 19.7 Å². The number of ether oxygens (including phenoxy) is 1. The molecule has 3 N–H and O–H groups in total. The molecule has 0 spiro atoms. The summed E-state index contributed by atoms with van der Waals surface area (Å²) >= 11 is 0. The highest BCUT2D eigenvalue weighted by molar-refractivity contribution is 5.92. The van der Waals surface area contributed by atoms with E-state index in [0.717, 1.165) is 42.5 Å². The number of anilines is 1. The van der Waals surface area contributed by atoms with Crippen LogP contribution in [0.25, 0.3) is 0 Å². The van der Waals surface area contributed by atoms with Gasteiger partial charge in [-0.15, -0.1) is 0 Å². The van der Waals surface area contributed by atoms with Gasteiger partial charge in [-0.05, 0) is 56.0 Å². The number of nitrogens with zero attached hydrogens (tertiary/aromatic N) is 1. The third kappa shape index (κ3) is 4.55. The summed E-state index contributed by atoms with van der Waals surface area (Å²) in [6.45, 7) is 2.90. The van der Waals surface area contributed by atoms with E-state index in [2.05, 4.69) is 10.2 Å². The highest BCUT2D eigenvalue weighted by atomic mass is 16.5. The number of hydrogen-bond donors (Lipinski definition) is 3. The fraction of sp³-hybridized carbons (Fsp3) is 0.480. The van der Waals surface area contributed by atoms with E-state index >= 15 is 0 Å². The Bertz CT molecular complexity index is 930. The number of aromatic hydroxyl groups is 1. The van der Waals surface area contributed by atoms with Gasteiger partial charge in [0.25, 0.3) is 0 Å². The molecule has 0 bridgehead atoms. The van der Waals surface area contributed by atoms with Crippen LogP contribution in [-0.2, 0) is 4.79 Å². The predicted octanol–water partition coefficient (Wildman–Crippen LogP) is 4.02. The quantitative estimate of drug-likeness (QED) is 0.676. The van der Waals surface area contributed by atoms with Gasteiger partial charge in [0, 0.05) is 24.2 Å². The maximum Gasteiger partial charge on any atom is 0.238 e. The minimum Gasteiger partial charge on any atom is -0.504 e. The molecule has 2 aromatic rings. The second kappa shape index (κ2) is 8.89. The number of nitrogens with one attached hydrogen (secondary N) is 1. The predicted molar refractivity (Wildman–Crippen MR) is 120 cm³/mol. The lowest BCUT2D eigenvalue weighted by Gasteiger charge is -2.52. The number of benzene rings is 2. The zero-order valence-corrected chi connectivity index (χ0v) is 18.3. The van der Waals surface area contributed by atoms with Gasteiger partial charge in [-0.25, -0.2) is 0 Å². The standard InChI is InChI=1S/C25H32N2O4/c1-17-6-9-19(10-7-17)26-23(29)16-27-14-13-25(30)12-4-3-5-20(25)24(27)18-8-11-21(28)22(15-18)31-2/h6-11,15,20,24,28,30H,3-5,12-14,16H2,1-2H3,(H,26,29)/t20-,24-,25+/m1/s1. The molecule has 3 atom stereocenters. The summed E-state index contributed by atoms with van der Waals surface area (Å²) in [4.78, 5) is 15.0. The molecule has 2 aromatic carbocycles. The van der Waals surface area contributed by atoms with E-state index in [0.29, 0.717) is 18.7 Å². The summed E-state index contributed by atoms with van der Waals surface area (Å²) in [5, 5.41) is 24.5. The van der Waals surface area contributed by atoms with Gasteiger partial charge in [-0.3, -0.25) is 9.69 Å². The lowest BCUT2D eigenvalue weighted by Crippen LogP contribution is -2.56. The van der Waals surface area contributed by atoms with Gasteiger partial charge in [0.1, 0.15) is 0 Å². The fourth-order valence-corrected chi connectivity index (χ4v) is 5.26. The fourth-order valence-electron chi connectivity index (χ4n) is 5.26. The zero-order chi connectivity index (χ0) is 22.0. The van der Waals surface area contributed by atoms with Gasteiger partial charge in [0.05, 0.1) is 19.3 Å². The molecular weight excluding hydrogens is 392 g/mol. The van der Waals surface area contributed by atoms with Crippen LogP contribution in [0.1, 0.15) is 49.3 Å². The van der Waals surface area contributed by atoms with E-state index in [-0.39, 0.29) is 30.2 Å². The van der Waals surface area contributed by atoms with Gasteiger partial charge in [-0.2, -0.15) is 0 Å². The van der Waals surface area contributed by atoms with Gasteiger partial charge in [0.2, 0.25) is 5.91 Å². The molecule has 1 amide bonds. The number of likely N-dealkylation sites (tertiary alicyclic amines) is 1. The normalized spacial score (nSPS) is 26.2. The van der Waals surface area contributed by atoms with Crippen molar-refractivity contribution in [3.8, 4) is 11.5 Å². The lowest BCUT2D eigenvalue weighted by atomic mass is 9.66. The van der Waals surface area contributed by atoms with Crippen LogP contribution in [0.4, 0.5) is 5.69 Å². The van der Waals surface area contributed by atoms with Gasteiger partial charge < -0.3 is 20.3 Å². The highest BCUT2D eigenvalue weighted by Crippen LogP contribution is 2.50. The van der Waals surface area contributed by atoms with Crippen molar-refractivity contribution in [3.05, 3.63) is 53.6 Å². The van der Waals surface area contributed by atoms with Crippen molar-refractivity contribution in [1.82, 2.24) is 4.90 Å². The van der Waals surface area contributed by atoms with E-state index < -0.39 is 5.60 Å². The first-order chi connectivity index (χ1) is 14.9. The van der Waals surface area contributed by atoms with Crippen molar-refractivity contribution in [3.63, 3.8) is 0 Å². The van der Waals surface area contributed by atoms with Gasteiger partial charge in [0.15, 0.2) is 11.5 Å². The average Bonchev–Trinajstić information content (AvgIpc) is 2.76. The number of rotatable bonds is 5. The van der Waals surface area contributed by atoms with Gasteiger partial charge in [-0.1, -0.05) is 36.6 Å². The molecule has 6 nitrogen and oxygen atoms in total. The van der Waals surface area contributed by atoms with E-state index in [1.165, 1.54) is 7.11 Å². The molecule has 31 heavy (non-hydrogen) atoms. The second-order valence-corrected chi connectivity index (χ2v) is 8.97. The molecule has 166 valence electrons. The monoisotopic (exact) mass is 424 g/mol. The Hall–Kier alpha value is -2.57. The molecule has 1 saturated heterocycles. The van der Waals surface area contributed by atoms with E-state index in [4.69, 9.17) is 4.74 Å². The van der Waals surface area contributed by atoms with Crippen molar-refractivity contribution in [1.29, 1.82) is 0 Å². The number of aryl methyl sites for hydroxylation is 1. The van der Waals surface area contributed by atoms with E-state index in [1.54, 1.807) is 6.07 Å². The van der Waals surface area contributed by atoms with Crippen LogP contribution < -0.4 is 10.1 Å². The van der Waals surface area contributed by atoms with Crippen molar-refractivity contribution in [2.75, 3.05) is 25.5 Å². The lowest BCUT2D eigenvalue weighted by molar-refractivity contribution is -0.135. The molecule has 0 aromatic heterocycles. The molecule has 4 rings (SSSR count). The van der Waals surface area contributed by atoms with Crippen molar-refractivity contribution >= 4 is 11.6 Å². The second-order valence-electron chi connectivity index (χ2n) is 8.97. The molecular formula is C25H32N2O4. The molecule has 2 fully saturated rings. The van der Waals surface area contributed by atoms with Crippen LogP contribution >= 0.6 is 0 Å². The van der Waals surface area contributed by atoms with Gasteiger partial charge >= 0.3 is 0 Å². The Balaban J connectivity index is 1.60. The smallest absolute Gasteiger partial charge is 0.238 e. The van der Waals surface area contributed by atoms with Crippen molar-refractivity contribution in [2.24, 2.45) is 5.92 Å². The minimum absolute atomic E-state index is 0.0384. The summed E-state index contributed by atoms with van der Waals surface area (Å²) in [5.41, 5.74) is 2.18. The number of carbonyl (C=O) groups is 1. The largest absolute Gasteiger partial charge is 0.504 e. The van der Waals surface area contributed by atoms with Crippen LogP contribution in [0.3, 0.4) is 0 Å². The topological polar surface area (TPSA) is 82.0 Å². The number of carbonyl (C=O) groups excluding carboxylic acids is 1. The first-order valence-electron chi connectivity index (χ1n) is 11.1. The molecule has 1 aliphatic heterocycles. The Morgan fingerprint density at radius 2 is 1.97 bits per heavy atom. The summed E-state index contributed by atoms with van der Waals surface area (Å²) in [5.74, 6) is 0.466. The molecule has 2 aliphatic rings. The van der Waals surface area contributed by atoms with Crippen LogP contribution in [0.5, 0.6) is 11.5 Å². The van der Waals surface area contributed by atoms with Crippen LogP contribution in [0.15, 0.2) is 42.5 Å². The Kier molecular flexibility index (Phi) is 6.21. The summed E-state index contributed by atoms with van der Waals surface area (Å²) in [7, 11) is 1.53. The summed E-state index contributed by atoms with van der Waals surface area (Å²) < 4.78 is 5.33. The van der Waals surface area contributed by atoms with Crippen molar-refractivity contribution in [2.45, 2.75) is 50.7 Å². The first-order valence-corrected chi connectivity index (χ1v) is 11.1. The number of methoxy groups -OCH3 is 1. The zero-order valence-electron chi connectivity index (χ0n) is 18.3. The number of hydrogen-bond acceptors (Lipinski definition) is 5. The Morgan fingerprint density at radius 1 is 1.19 bits per heavy atom. The van der Waals surface area contributed by atoms with E-state index in [1.807, 2.05) is 43.3 Å². The third-order valence-electron chi connectivity index (χ3n) is 6.90. The molecule has 0 radical (unpaired) electrons. The SMILES string of the molecule is COc1cc([C@@H]2[C@H]3CCCC[C@]3(O)CCN2CC(=O)Nc2ccc(C)cc2)ccc1O. The maximum atomic E-state index is 12.9. The molecule has 1 heterocycles. The van der Waals surface area contributed by atoms with Crippen LogP contribution in [0.2, 0.25) is 0 Å². The molecule has 1 saturated carbocycles. The Morgan fingerprint density at radius 3 is 2.71 bits per heavy atom. The number of phenolic OH excluding ortho intramolecular Hbond substituents is 1. The molecule has 1 aliphatic carbocycles. The average molecular weight is 425 g/mol. The van der Waals surface area contributed by atoms with E-state index in [9.17, 15) is 15.0 Å². The minimum atomic E-state index is -0.710. The maximum absolute atomic E-state index is 12.9. The number of amides is 1. The first kappa shape index (κ1) is 21.7. The highest BCUT2D eigenvalue weighted by Gasteiger charge is 2.49. The molecule has 6 heteroatoms. The third-order valence-corrected chi connectivity index (χ3v) is 6.90.